The fourth-order valence-corrected chi connectivity index (χ4v) is 2.17. The molecule has 0 aliphatic carbocycles. The zero-order chi connectivity index (χ0) is 11.5. The summed E-state index contributed by atoms with van der Waals surface area (Å²) in [6.45, 7) is 19.8. The first-order valence-electron chi connectivity index (χ1n) is 6.29. The lowest BCUT2D eigenvalue weighted by atomic mass is 9.41. The Labute approximate surface area is 99.3 Å². The Balaban J connectivity index is 0. The van der Waals surface area contributed by atoms with Crippen molar-refractivity contribution in [2.45, 2.75) is 68.4 Å². The number of hydrogen-bond acceptors (Lipinski definition) is 0. The van der Waals surface area contributed by atoms with Gasteiger partial charge in [0.15, 0.2) is 0 Å². The molecule has 0 aromatic carbocycles. The van der Waals surface area contributed by atoms with Crippen molar-refractivity contribution in [3.63, 3.8) is 0 Å². The average molecular weight is 212 g/mol. The monoisotopic (exact) mass is 212 g/mol. The summed E-state index contributed by atoms with van der Waals surface area (Å²) < 4.78 is 0. The topological polar surface area (TPSA) is 0 Å². The highest BCUT2D eigenvalue weighted by atomic mass is 14.3. The van der Waals surface area contributed by atoms with Crippen molar-refractivity contribution in [2.24, 2.45) is 23.7 Å². The first kappa shape index (κ1) is 17.5. The maximum Gasteiger partial charge on any atom is 0.136 e. The second-order valence-corrected chi connectivity index (χ2v) is 5.92. The van der Waals surface area contributed by atoms with Gasteiger partial charge in [0.05, 0.1) is 0 Å². The molecule has 4 unspecified atom stereocenters. The molecule has 0 amide bonds. The minimum atomic E-state index is 0. The van der Waals surface area contributed by atoms with Gasteiger partial charge in [0.1, 0.15) is 6.71 Å². The molecule has 92 valence electrons. The molecule has 0 N–H and O–H groups in total. The molecule has 15 heavy (non-hydrogen) atoms. The van der Waals surface area contributed by atoms with Gasteiger partial charge in [-0.15, -0.1) is 0 Å². The molecular weight excluding hydrogens is 179 g/mol. The van der Waals surface area contributed by atoms with Crippen LogP contribution in [0.5, 0.6) is 0 Å². The van der Waals surface area contributed by atoms with Crippen LogP contribution in [0.4, 0.5) is 0 Å². The summed E-state index contributed by atoms with van der Waals surface area (Å²) in [5.74, 6) is 4.17. The van der Waals surface area contributed by atoms with Crippen LogP contribution in [-0.2, 0) is 0 Å². The van der Waals surface area contributed by atoms with Gasteiger partial charge in [0.2, 0.25) is 0 Å². The van der Waals surface area contributed by atoms with E-state index in [0.29, 0.717) is 0 Å². The van der Waals surface area contributed by atoms with Gasteiger partial charge >= 0.3 is 0 Å². The Morgan fingerprint density at radius 3 is 1.33 bits per heavy atom. The molecular formula is C14H33B. The molecule has 0 radical (unpaired) electrons. The zero-order valence-electron chi connectivity index (χ0n) is 11.5. The summed E-state index contributed by atoms with van der Waals surface area (Å²) in [4.78, 5) is 0. The molecule has 0 nitrogen and oxygen atoms in total. The van der Waals surface area contributed by atoms with Crippen molar-refractivity contribution in [1.29, 1.82) is 0 Å². The first-order valence-corrected chi connectivity index (χ1v) is 6.29. The summed E-state index contributed by atoms with van der Waals surface area (Å²) in [6.07, 6.45) is 0. The normalized spacial score (nSPS) is 19.0. The van der Waals surface area contributed by atoms with Gasteiger partial charge in [-0.3, -0.25) is 0 Å². The number of hydrogen-bond donors (Lipinski definition) is 0. The van der Waals surface area contributed by atoms with Crippen LogP contribution in [0.2, 0.25) is 19.5 Å². The van der Waals surface area contributed by atoms with Crippen molar-refractivity contribution in [3.05, 3.63) is 0 Å². The molecule has 1 heteroatoms. The van der Waals surface area contributed by atoms with Crippen molar-refractivity contribution < 1.29 is 0 Å². The molecule has 0 fully saturated rings. The van der Waals surface area contributed by atoms with Crippen LogP contribution in [0.1, 0.15) is 49.0 Å². The highest BCUT2D eigenvalue weighted by molar-refractivity contribution is 6.57. The summed E-state index contributed by atoms with van der Waals surface area (Å²) in [5, 5.41) is 0. The van der Waals surface area contributed by atoms with E-state index in [4.69, 9.17) is 0 Å². The van der Waals surface area contributed by atoms with Gasteiger partial charge in [-0.1, -0.05) is 68.4 Å². The molecule has 0 heterocycles. The fourth-order valence-electron chi connectivity index (χ4n) is 2.17. The highest BCUT2D eigenvalue weighted by Gasteiger charge is 2.27. The lowest BCUT2D eigenvalue weighted by Crippen LogP contribution is -2.27. The van der Waals surface area contributed by atoms with E-state index in [1.165, 1.54) is 0 Å². The van der Waals surface area contributed by atoms with E-state index in [0.717, 1.165) is 36.2 Å². The standard InChI is InChI=1S/C13H29B.CH4/c1-9(2)10(3)11(4)12(5)13(6)14(7)8;/h9-13H,1-8H3;1H4. The van der Waals surface area contributed by atoms with E-state index in [1.807, 2.05) is 0 Å². The molecule has 0 spiro atoms. The summed E-state index contributed by atoms with van der Waals surface area (Å²) in [5.41, 5.74) is 0. The van der Waals surface area contributed by atoms with Gasteiger partial charge in [-0.25, -0.2) is 0 Å². The SMILES string of the molecule is C.CB(C)C(C)C(C)C(C)C(C)C(C)C. The van der Waals surface area contributed by atoms with E-state index < -0.39 is 0 Å². The first-order chi connectivity index (χ1) is 6.29. The van der Waals surface area contributed by atoms with E-state index in [9.17, 15) is 0 Å². The van der Waals surface area contributed by atoms with Gasteiger partial charge in [0, 0.05) is 0 Å². The van der Waals surface area contributed by atoms with Crippen LogP contribution in [0, 0.1) is 23.7 Å². The van der Waals surface area contributed by atoms with E-state index in [-0.39, 0.29) is 7.43 Å². The fraction of sp³-hybridized carbons (Fsp3) is 1.00. The third-order valence-corrected chi connectivity index (χ3v) is 4.59. The molecule has 0 aliphatic rings. The van der Waals surface area contributed by atoms with Crippen LogP contribution in [0.3, 0.4) is 0 Å². The van der Waals surface area contributed by atoms with Crippen LogP contribution in [0.15, 0.2) is 0 Å². The third kappa shape index (κ3) is 5.09. The maximum absolute atomic E-state index is 2.42. The quantitative estimate of drug-likeness (QED) is 0.540. The smallest absolute Gasteiger partial charge is 0.0861 e. The highest BCUT2D eigenvalue weighted by Crippen LogP contribution is 2.34. The molecule has 0 aromatic rings. The molecule has 0 bridgehead atoms. The van der Waals surface area contributed by atoms with Crippen molar-refractivity contribution in [2.75, 3.05) is 0 Å². The van der Waals surface area contributed by atoms with Crippen LogP contribution in [-0.4, -0.2) is 6.71 Å². The Hall–Kier alpha value is 0.0649. The van der Waals surface area contributed by atoms with E-state index >= 15 is 0 Å². The minimum Gasteiger partial charge on any atom is -0.0861 e. The summed E-state index contributed by atoms with van der Waals surface area (Å²) in [7, 11) is 0. The Bertz CT molecular complexity index is 133. The molecule has 0 rings (SSSR count). The Morgan fingerprint density at radius 1 is 0.667 bits per heavy atom. The van der Waals surface area contributed by atoms with Crippen molar-refractivity contribution in [3.8, 4) is 0 Å². The van der Waals surface area contributed by atoms with Crippen LogP contribution >= 0.6 is 0 Å². The van der Waals surface area contributed by atoms with E-state index in [1.54, 1.807) is 0 Å². The molecule has 0 aromatic heterocycles. The second-order valence-electron chi connectivity index (χ2n) is 5.92. The predicted molar refractivity (Wildman–Crippen MR) is 76.0 cm³/mol. The maximum atomic E-state index is 2.42. The predicted octanol–water partition coefficient (Wildman–Crippen LogP) is 5.33. The van der Waals surface area contributed by atoms with Gasteiger partial charge in [-0.05, 0) is 23.7 Å². The molecule has 0 saturated carbocycles. The van der Waals surface area contributed by atoms with Gasteiger partial charge in [-0.2, -0.15) is 0 Å². The van der Waals surface area contributed by atoms with E-state index in [2.05, 4.69) is 55.2 Å². The summed E-state index contributed by atoms with van der Waals surface area (Å²) >= 11 is 0. The minimum absolute atomic E-state index is 0. The molecule has 0 saturated heterocycles. The van der Waals surface area contributed by atoms with Gasteiger partial charge < -0.3 is 0 Å². The van der Waals surface area contributed by atoms with Crippen molar-refractivity contribution in [1.82, 2.24) is 0 Å². The lowest BCUT2D eigenvalue weighted by Gasteiger charge is -2.33. The average Bonchev–Trinajstić information content (AvgIpc) is 2.12. The Kier molecular flexibility index (Phi) is 8.56. The lowest BCUT2D eigenvalue weighted by molar-refractivity contribution is 0.218. The van der Waals surface area contributed by atoms with Crippen LogP contribution < -0.4 is 0 Å². The number of rotatable bonds is 5. The Morgan fingerprint density at radius 2 is 1.07 bits per heavy atom. The largest absolute Gasteiger partial charge is 0.136 e. The van der Waals surface area contributed by atoms with Crippen LogP contribution in [0.25, 0.3) is 0 Å². The molecule has 0 aliphatic heterocycles. The zero-order valence-corrected chi connectivity index (χ0v) is 11.5. The van der Waals surface area contributed by atoms with Gasteiger partial charge in [0.25, 0.3) is 0 Å². The molecule has 4 atom stereocenters. The van der Waals surface area contributed by atoms with Crippen molar-refractivity contribution >= 4 is 6.71 Å². The second kappa shape index (κ2) is 7.36. The third-order valence-electron chi connectivity index (χ3n) is 4.59. The summed E-state index contributed by atoms with van der Waals surface area (Å²) in [6, 6.07) is 0.